The van der Waals surface area contributed by atoms with Gasteiger partial charge in [0, 0.05) is 0 Å². The van der Waals surface area contributed by atoms with Gasteiger partial charge in [0.1, 0.15) is 0 Å². The molecule has 0 bridgehead atoms. The standard InChI is InChI=1S/C7H2N5O3/c1-8-4(6-9-2-15-12-6)5(13-1)7-11-10-3-14-7/h2-3H. The molecule has 3 rings (SSSR count). The predicted octanol–water partition coefficient (Wildman–Crippen LogP) is 0.575. The van der Waals surface area contributed by atoms with Crippen molar-refractivity contribution in [1.82, 2.24) is 25.3 Å². The van der Waals surface area contributed by atoms with Crippen LogP contribution in [0.3, 0.4) is 0 Å². The third kappa shape index (κ3) is 1.19. The lowest BCUT2D eigenvalue weighted by Gasteiger charge is -1.88. The van der Waals surface area contributed by atoms with Crippen molar-refractivity contribution in [2.24, 2.45) is 0 Å². The molecular weight excluding hydrogens is 202 g/mol. The van der Waals surface area contributed by atoms with Crippen molar-refractivity contribution < 1.29 is 13.4 Å². The van der Waals surface area contributed by atoms with Crippen molar-refractivity contribution >= 4 is 0 Å². The van der Waals surface area contributed by atoms with Crippen LogP contribution in [0.2, 0.25) is 0 Å². The first-order valence-electron chi connectivity index (χ1n) is 3.85. The molecular formula is C7H2N5O3. The number of rotatable bonds is 2. The van der Waals surface area contributed by atoms with Crippen molar-refractivity contribution in [2.45, 2.75) is 0 Å². The molecule has 0 N–H and O–H groups in total. The average molecular weight is 204 g/mol. The lowest BCUT2D eigenvalue weighted by Crippen LogP contribution is -1.84. The summed E-state index contributed by atoms with van der Waals surface area (Å²) in [5, 5.41) is 10.8. The van der Waals surface area contributed by atoms with Gasteiger partial charge >= 0.3 is 0 Å². The van der Waals surface area contributed by atoms with E-state index in [9.17, 15) is 0 Å². The number of hydrogen-bond donors (Lipinski definition) is 0. The molecule has 0 spiro atoms. The maximum Gasteiger partial charge on any atom is 0.286 e. The SMILES string of the molecule is [c]1nc(-c2ncon2)c(-c2nnco2)o1. The molecule has 0 aliphatic heterocycles. The minimum absolute atomic E-state index is 0.184. The topological polar surface area (TPSA) is 104 Å². The van der Waals surface area contributed by atoms with Crippen molar-refractivity contribution in [3.63, 3.8) is 0 Å². The van der Waals surface area contributed by atoms with Crippen LogP contribution in [-0.2, 0) is 0 Å². The van der Waals surface area contributed by atoms with Crippen LogP contribution < -0.4 is 0 Å². The molecule has 0 atom stereocenters. The van der Waals surface area contributed by atoms with Crippen LogP contribution in [0.25, 0.3) is 23.2 Å². The summed E-state index contributed by atoms with van der Waals surface area (Å²) in [6.45, 7) is 0. The minimum atomic E-state index is 0.184. The molecule has 73 valence electrons. The minimum Gasteiger partial charge on any atom is -0.426 e. The molecule has 0 unspecified atom stereocenters. The molecule has 0 saturated carbocycles. The fraction of sp³-hybridized carbons (Fsp3) is 0. The smallest absolute Gasteiger partial charge is 0.286 e. The summed E-state index contributed by atoms with van der Waals surface area (Å²) in [7, 11) is 0. The number of aromatic nitrogens is 5. The van der Waals surface area contributed by atoms with E-state index in [-0.39, 0.29) is 17.5 Å². The van der Waals surface area contributed by atoms with Gasteiger partial charge in [-0.15, -0.1) is 10.2 Å². The zero-order chi connectivity index (χ0) is 10.1. The van der Waals surface area contributed by atoms with Crippen LogP contribution in [0, 0.1) is 6.39 Å². The Labute approximate surface area is 81.9 Å². The highest BCUT2D eigenvalue weighted by Gasteiger charge is 2.20. The summed E-state index contributed by atoms with van der Waals surface area (Å²) in [5.74, 6) is 0.714. The Hall–Kier alpha value is -2.51. The Bertz CT molecular complexity index is 492. The van der Waals surface area contributed by atoms with Crippen LogP contribution in [-0.4, -0.2) is 25.3 Å². The van der Waals surface area contributed by atoms with E-state index in [4.69, 9.17) is 8.83 Å². The maximum atomic E-state index is 4.98. The second-order valence-electron chi connectivity index (χ2n) is 2.48. The highest BCUT2D eigenvalue weighted by molar-refractivity contribution is 5.66. The highest BCUT2D eigenvalue weighted by atomic mass is 16.5. The third-order valence-corrected chi connectivity index (χ3v) is 1.65. The summed E-state index contributed by atoms with van der Waals surface area (Å²) in [6, 6.07) is 0. The normalized spacial score (nSPS) is 10.7. The Morgan fingerprint density at radius 3 is 3.00 bits per heavy atom. The Kier molecular flexibility index (Phi) is 1.58. The molecule has 0 aliphatic rings. The van der Waals surface area contributed by atoms with E-state index in [0.29, 0.717) is 5.69 Å². The van der Waals surface area contributed by atoms with Gasteiger partial charge < -0.3 is 13.4 Å². The van der Waals surface area contributed by atoms with Gasteiger partial charge in [0.25, 0.3) is 12.3 Å². The molecule has 0 amide bonds. The molecule has 15 heavy (non-hydrogen) atoms. The lowest BCUT2D eigenvalue weighted by molar-refractivity contribution is 0.418. The third-order valence-electron chi connectivity index (χ3n) is 1.65. The van der Waals surface area contributed by atoms with Crippen molar-refractivity contribution in [3.8, 4) is 23.2 Å². The monoisotopic (exact) mass is 204 g/mol. The summed E-state index contributed by atoms with van der Waals surface area (Å²) in [6.07, 6.45) is 4.66. The van der Waals surface area contributed by atoms with E-state index in [1.165, 1.54) is 12.8 Å². The van der Waals surface area contributed by atoms with E-state index in [2.05, 4.69) is 36.2 Å². The van der Waals surface area contributed by atoms with Gasteiger partial charge in [0.15, 0.2) is 5.69 Å². The number of nitrogens with zero attached hydrogens (tertiary/aromatic N) is 5. The molecule has 3 aromatic heterocycles. The quantitative estimate of drug-likeness (QED) is 0.596. The van der Waals surface area contributed by atoms with E-state index >= 15 is 0 Å². The largest absolute Gasteiger partial charge is 0.426 e. The summed E-state index contributed by atoms with van der Waals surface area (Å²) >= 11 is 0. The molecule has 0 saturated heterocycles. The first-order chi connectivity index (χ1) is 7.45. The molecule has 8 nitrogen and oxygen atoms in total. The molecule has 0 fully saturated rings. The number of oxazole rings is 1. The maximum absolute atomic E-state index is 4.98. The van der Waals surface area contributed by atoms with Crippen molar-refractivity contribution in [2.75, 3.05) is 0 Å². The lowest BCUT2D eigenvalue weighted by atomic mass is 10.3. The predicted molar refractivity (Wildman–Crippen MR) is 41.9 cm³/mol. The van der Waals surface area contributed by atoms with Crippen LogP contribution in [0.15, 0.2) is 26.1 Å². The highest BCUT2D eigenvalue weighted by Crippen LogP contribution is 2.26. The zero-order valence-corrected chi connectivity index (χ0v) is 7.12. The second kappa shape index (κ2) is 3.01. The van der Waals surface area contributed by atoms with E-state index < -0.39 is 0 Å². The molecule has 3 aromatic rings. The van der Waals surface area contributed by atoms with Gasteiger partial charge in [-0.2, -0.15) is 4.98 Å². The second-order valence-corrected chi connectivity index (χ2v) is 2.48. The first-order valence-corrected chi connectivity index (χ1v) is 3.85. The fourth-order valence-corrected chi connectivity index (χ4v) is 1.06. The molecule has 1 radical (unpaired) electrons. The molecule has 3 heterocycles. The van der Waals surface area contributed by atoms with Crippen LogP contribution >= 0.6 is 0 Å². The average Bonchev–Trinajstić information content (AvgIpc) is 3.01. The van der Waals surface area contributed by atoms with Gasteiger partial charge in [0.05, 0.1) is 0 Å². The Morgan fingerprint density at radius 2 is 2.27 bits per heavy atom. The van der Waals surface area contributed by atoms with Crippen LogP contribution in [0.5, 0.6) is 0 Å². The van der Waals surface area contributed by atoms with E-state index in [0.717, 1.165) is 0 Å². The van der Waals surface area contributed by atoms with Gasteiger partial charge in [0.2, 0.25) is 24.4 Å². The first kappa shape index (κ1) is 7.85. The Balaban J connectivity index is 2.15. The molecule has 0 aromatic carbocycles. The van der Waals surface area contributed by atoms with Crippen LogP contribution in [0.1, 0.15) is 0 Å². The van der Waals surface area contributed by atoms with Crippen molar-refractivity contribution in [1.29, 1.82) is 0 Å². The summed E-state index contributed by atoms with van der Waals surface area (Å²) in [5.41, 5.74) is 0.341. The number of hydrogen-bond acceptors (Lipinski definition) is 8. The molecule has 0 aliphatic carbocycles. The van der Waals surface area contributed by atoms with Gasteiger partial charge in [-0.1, -0.05) is 5.16 Å². The van der Waals surface area contributed by atoms with Gasteiger partial charge in [-0.05, 0) is 0 Å². The summed E-state index contributed by atoms with van der Waals surface area (Å²) < 4.78 is 14.5. The van der Waals surface area contributed by atoms with Crippen LogP contribution in [0.4, 0.5) is 0 Å². The van der Waals surface area contributed by atoms with Crippen molar-refractivity contribution in [3.05, 3.63) is 19.2 Å². The van der Waals surface area contributed by atoms with Gasteiger partial charge in [-0.3, -0.25) is 0 Å². The molecule has 8 heteroatoms. The van der Waals surface area contributed by atoms with Gasteiger partial charge in [-0.25, -0.2) is 4.98 Å². The fourth-order valence-electron chi connectivity index (χ4n) is 1.06. The van der Waals surface area contributed by atoms with E-state index in [1.54, 1.807) is 0 Å². The Morgan fingerprint density at radius 1 is 1.27 bits per heavy atom. The zero-order valence-electron chi connectivity index (χ0n) is 7.12. The summed E-state index contributed by atoms with van der Waals surface area (Å²) in [4.78, 5) is 7.63. The van der Waals surface area contributed by atoms with E-state index in [1.807, 2.05) is 0 Å².